The molecule has 0 unspecified atom stereocenters. The lowest BCUT2D eigenvalue weighted by molar-refractivity contribution is -0.117. The SMILES string of the molecule is CN(CC(=O)Nc1cccc2ccccc12)Cc1ccc2c(c1)OCCO2. The van der Waals surface area contributed by atoms with Gasteiger partial charge in [-0.3, -0.25) is 9.69 Å². The van der Waals surface area contributed by atoms with Gasteiger partial charge in [0.1, 0.15) is 13.2 Å². The molecule has 0 radical (unpaired) electrons. The minimum Gasteiger partial charge on any atom is -0.486 e. The number of ether oxygens (including phenoxy) is 2. The predicted molar refractivity (Wildman–Crippen MR) is 106 cm³/mol. The van der Waals surface area contributed by atoms with Crippen molar-refractivity contribution >= 4 is 22.4 Å². The van der Waals surface area contributed by atoms with E-state index in [1.165, 1.54) is 0 Å². The van der Waals surface area contributed by atoms with Crippen LogP contribution < -0.4 is 14.8 Å². The maximum Gasteiger partial charge on any atom is 0.238 e. The van der Waals surface area contributed by atoms with Crippen molar-refractivity contribution in [2.75, 3.05) is 32.1 Å². The average Bonchev–Trinajstić information content (AvgIpc) is 2.68. The molecule has 138 valence electrons. The number of nitrogens with one attached hydrogen (secondary N) is 1. The van der Waals surface area contributed by atoms with Gasteiger partial charge >= 0.3 is 0 Å². The Hall–Kier alpha value is -3.05. The summed E-state index contributed by atoms with van der Waals surface area (Å²) in [5.41, 5.74) is 1.92. The van der Waals surface area contributed by atoms with Crippen LogP contribution in [0.3, 0.4) is 0 Å². The Morgan fingerprint density at radius 2 is 1.78 bits per heavy atom. The third-order valence-electron chi connectivity index (χ3n) is 4.54. The van der Waals surface area contributed by atoms with Gasteiger partial charge < -0.3 is 14.8 Å². The van der Waals surface area contributed by atoms with Crippen LogP contribution in [0.4, 0.5) is 5.69 Å². The molecule has 3 aromatic rings. The van der Waals surface area contributed by atoms with Crippen LogP contribution in [0.1, 0.15) is 5.56 Å². The van der Waals surface area contributed by atoms with E-state index in [-0.39, 0.29) is 5.91 Å². The Labute approximate surface area is 158 Å². The van der Waals surface area contributed by atoms with Crippen LogP contribution in [0.5, 0.6) is 11.5 Å². The molecule has 1 aliphatic rings. The third kappa shape index (κ3) is 4.04. The second kappa shape index (κ2) is 7.68. The van der Waals surface area contributed by atoms with Crippen molar-refractivity contribution in [1.82, 2.24) is 4.90 Å². The van der Waals surface area contributed by atoms with Crippen molar-refractivity contribution in [2.45, 2.75) is 6.54 Å². The molecule has 0 aromatic heterocycles. The van der Waals surface area contributed by atoms with Crippen LogP contribution in [-0.4, -0.2) is 37.6 Å². The second-order valence-corrected chi connectivity index (χ2v) is 6.73. The van der Waals surface area contributed by atoms with E-state index in [2.05, 4.69) is 5.32 Å². The van der Waals surface area contributed by atoms with E-state index in [0.29, 0.717) is 26.3 Å². The normalized spacial score (nSPS) is 13.0. The highest BCUT2D eigenvalue weighted by Crippen LogP contribution is 2.31. The first-order valence-electron chi connectivity index (χ1n) is 9.04. The van der Waals surface area contributed by atoms with Crippen LogP contribution >= 0.6 is 0 Å². The first kappa shape index (κ1) is 17.4. The van der Waals surface area contributed by atoms with Gasteiger partial charge in [-0.1, -0.05) is 42.5 Å². The summed E-state index contributed by atoms with van der Waals surface area (Å²) in [6.45, 7) is 2.11. The van der Waals surface area contributed by atoms with Gasteiger partial charge in [-0.15, -0.1) is 0 Å². The van der Waals surface area contributed by atoms with Crippen molar-refractivity contribution in [3.05, 3.63) is 66.2 Å². The quantitative estimate of drug-likeness (QED) is 0.752. The van der Waals surface area contributed by atoms with Crippen molar-refractivity contribution in [3.8, 4) is 11.5 Å². The van der Waals surface area contributed by atoms with E-state index in [4.69, 9.17) is 9.47 Å². The third-order valence-corrected chi connectivity index (χ3v) is 4.54. The molecule has 27 heavy (non-hydrogen) atoms. The van der Waals surface area contributed by atoms with Crippen molar-refractivity contribution < 1.29 is 14.3 Å². The fourth-order valence-electron chi connectivity index (χ4n) is 3.32. The molecule has 0 spiro atoms. The van der Waals surface area contributed by atoms with Crippen LogP contribution in [0.15, 0.2) is 60.7 Å². The number of nitrogens with zero attached hydrogens (tertiary/aromatic N) is 1. The number of hydrogen-bond acceptors (Lipinski definition) is 4. The molecule has 3 aromatic carbocycles. The van der Waals surface area contributed by atoms with Crippen molar-refractivity contribution in [1.29, 1.82) is 0 Å². The monoisotopic (exact) mass is 362 g/mol. The summed E-state index contributed by atoms with van der Waals surface area (Å²) >= 11 is 0. The molecule has 1 heterocycles. The Balaban J connectivity index is 1.39. The van der Waals surface area contributed by atoms with E-state index in [1.54, 1.807) is 0 Å². The first-order valence-corrected chi connectivity index (χ1v) is 9.04. The number of anilines is 1. The maximum atomic E-state index is 12.5. The van der Waals surface area contributed by atoms with Gasteiger partial charge in [0.05, 0.1) is 6.54 Å². The number of likely N-dealkylation sites (N-methyl/N-ethyl adjacent to an activating group) is 1. The van der Waals surface area contributed by atoms with Gasteiger partial charge in [0, 0.05) is 17.6 Å². The highest BCUT2D eigenvalue weighted by Gasteiger charge is 2.14. The summed E-state index contributed by atoms with van der Waals surface area (Å²) < 4.78 is 11.2. The molecule has 5 nitrogen and oxygen atoms in total. The topological polar surface area (TPSA) is 50.8 Å². The van der Waals surface area contributed by atoms with Crippen LogP contribution in [0.25, 0.3) is 10.8 Å². The van der Waals surface area contributed by atoms with Crippen LogP contribution in [0, 0.1) is 0 Å². The molecule has 0 aliphatic carbocycles. The number of carbonyl (C=O) groups is 1. The summed E-state index contributed by atoms with van der Waals surface area (Å²) in [5.74, 6) is 1.51. The fourth-order valence-corrected chi connectivity index (χ4v) is 3.32. The van der Waals surface area contributed by atoms with E-state index in [0.717, 1.165) is 33.5 Å². The number of rotatable bonds is 5. The molecule has 0 fully saturated rings. The van der Waals surface area contributed by atoms with Gasteiger partial charge in [0.15, 0.2) is 11.5 Å². The summed E-state index contributed by atoms with van der Waals surface area (Å²) in [6.07, 6.45) is 0. The summed E-state index contributed by atoms with van der Waals surface area (Å²) in [5, 5.41) is 5.18. The zero-order chi connectivity index (χ0) is 18.6. The highest BCUT2D eigenvalue weighted by molar-refractivity contribution is 6.02. The number of amides is 1. The Morgan fingerprint density at radius 3 is 2.67 bits per heavy atom. The van der Waals surface area contributed by atoms with Crippen LogP contribution in [0.2, 0.25) is 0 Å². The van der Waals surface area contributed by atoms with Gasteiger partial charge in [-0.25, -0.2) is 0 Å². The average molecular weight is 362 g/mol. The van der Waals surface area contributed by atoms with E-state index >= 15 is 0 Å². The smallest absolute Gasteiger partial charge is 0.238 e. The van der Waals surface area contributed by atoms with Crippen molar-refractivity contribution in [3.63, 3.8) is 0 Å². The molecule has 1 N–H and O–H groups in total. The van der Waals surface area contributed by atoms with E-state index in [9.17, 15) is 4.79 Å². The lowest BCUT2D eigenvalue weighted by Gasteiger charge is -2.21. The maximum absolute atomic E-state index is 12.5. The van der Waals surface area contributed by atoms with Gasteiger partial charge in [0.2, 0.25) is 5.91 Å². The van der Waals surface area contributed by atoms with Crippen LogP contribution in [-0.2, 0) is 11.3 Å². The summed E-state index contributed by atoms with van der Waals surface area (Å²) in [4.78, 5) is 14.5. The first-order chi connectivity index (χ1) is 13.2. The molecule has 0 saturated carbocycles. The molecule has 1 aliphatic heterocycles. The standard InChI is InChI=1S/C22H22N2O3/c1-24(14-16-9-10-20-21(13-16)27-12-11-26-20)15-22(25)23-19-8-4-6-17-5-2-3-7-18(17)19/h2-10,13H,11-12,14-15H2,1H3,(H,23,25). The van der Waals surface area contributed by atoms with Gasteiger partial charge in [-0.2, -0.15) is 0 Å². The predicted octanol–water partition coefficient (Wildman–Crippen LogP) is 3.68. The largest absolute Gasteiger partial charge is 0.486 e. The lowest BCUT2D eigenvalue weighted by atomic mass is 10.1. The molecule has 0 bridgehead atoms. The van der Waals surface area contributed by atoms with Crippen molar-refractivity contribution in [2.24, 2.45) is 0 Å². The number of carbonyl (C=O) groups excluding carboxylic acids is 1. The van der Waals surface area contributed by atoms with E-state index in [1.807, 2.05) is 72.6 Å². The molecule has 0 saturated heterocycles. The lowest BCUT2D eigenvalue weighted by Crippen LogP contribution is -2.30. The highest BCUT2D eigenvalue weighted by atomic mass is 16.6. The Kier molecular flexibility index (Phi) is 4.94. The molecule has 1 amide bonds. The molecular weight excluding hydrogens is 340 g/mol. The number of benzene rings is 3. The molecule has 0 atom stereocenters. The number of fused-ring (bicyclic) bond motifs is 2. The second-order valence-electron chi connectivity index (χ2n) is 6.73. The van der Waals surface area contributed by atoms with Gasteiger partial charge in [0.25, 0.3) is 0 Å². The molecular formula is C22H22N2O3. The zero-order valence-electron chi connectivity index (χ0n) is 15.3. The summed E-state index contributed by atoms with van der Waals surface area (Å²) in [7, 11) is 1.93. The Morgan fingerprint density at radius 1 is 1.00 bits per heavy atom. The molecule has 4 rings (SSSR count). The zero-order valence-corrected chi connectivity index (χ0v) is 15.3. The summed E-state index contributed by atoms with van der Waals surface area (Å²) in [6, 6.07) is 19.9. The Bertz CT molecular complexity index is 965. The minimum atomic E-state index is -0.0357. The minimum absolute atomic E-state index is 0.0357. The van der Waals surface area contributed by atoms with Gasteiger partial charge in [-0.05, 0) is 36.2 Å². The number of hydrogen-bond donors (Lipinski definition) is 1. The van der Waals surface area contributed by atoms with E-state index < -0.39 is 0 Å². The fraction of sp³-hybridized carbons (Fsp3) is 0.227. The molecule has 5 heteroatoms.